The molecule has 14 heavy (non-hydrogen) atoms. The smallest absolute Gasteiger partial charge is 0.0679 e. The van der Waals surface area contributed by atoms with Gasteiger partial charge in [0.05, 0.1) is 4.75 Å². The van der Waals surface area contributed by atoms with E-state index in [1.54, 1.807) is 0 Å². The van der Waals surface area contributed by atoms with Crippen LogP contribution < -0.4 is 0 Å². The van der Waals surface area contributed by atoms with Crippen molar-refractivity contribution in [2.24, 2.45) is 0 Å². The second kappa shape index (κ2) is 3.08. The Hall–Kier alpha value is -0.840. The molecule has 0 spiro atoms. The highest BCUT2D eigenvalue weighted by Gasteiger charge is 2.17. The highest BCUT2D eigenvalue weighted by molar-refractivity contribution is 7.35. The van der Waals surface area contributed by atoms with Crippen molar-refractivity contribution in [3.63, 3.8) is 0 Å². The molecular formula is C12H8ClP. The van der Waals surface area contributed by atoms with E-state index in [0.29, 0.717) is 0 Å². The van der Waals surface area contributed by atoms with E-state index < -0.39 is 0 Å². The second-order valence-corrected chi connectivity index (χ2v) is 5.38. The number of fused-ring (bicyclic) bond motifs is 3. The van der Waals surface area contributed by atoms with Gasteiger partial charge in [-0.25, -0.2) is 0 Å². The van der Waals surface area contributed by atoms with E-state index in [-0.39, 0.29) is 0 Å². The molecule has 1 aliphatic carbocycles. The molecule has 0 bridgehead atoms. The van der Waals surface area contributed by atoms with Crippen LogP contribution in [0, 0.1) is 0 Å². The number of rotatable bonds is 0. The van der Waals surface area contributed by atoms with Crippen LogP contribution in [-0.2, 0) is 6.42 Å². The number of hydrogen-bond donors (Lipinski definition) is 0. The first-order chi connectivity index (χ1) is 6.84. The minimum atomic E-state index is 0.927. The summed E-state index contributed by atoms with van der Waals surface area (Å²) in [6.07, 6.45) is 1.06. The van der Waals surface area contributed by atoms with Crippen molar-refractivity contribution >= 4 is 19.8 Å². The molecule has 68 valence electrons. The monoisotopic (exact) mass is 218 g/mol. The molecule has 0 amide bonds. The van der Waals surface area contributed by atoms with Crippen LogP contribution in [-0.4, -0.2) is 0 Å². The average molecular weight is 219 g/mol. The molecule has 0 saturated heterocycles. The van der Waals surface area contributed by atoms with Crippen molar-refractivity contribution in [2.45, 2.75) is 6.42 Å². The lowest BCUT2D eigenvalue weighted by atomic mass is 10.1. The summed E-state index contributed by atoms with van der Waals surface area (Å²) < 4.78 is 0.927. The standard InChI is InChI=1S/C12H8ClP/c13-12-6-5-10-9-4-2-1-3-8(9)7-11(10)14-12/h1-6H,7H2. The molecule has 0 unspecified atom stereocenters. The molecule has 3 rings (SSSR count). The number of benzene rings is 1. The third-order valence-corrected chi connectivity index (χ3v) is 4.02. The molecule has 0 saturated carbocycles. The predicted molar refractivity (Wildman–Crippen MR) is 62.2 cm³/mol. The minimum Gasteiger partial charge on any atom is -0.0789 e. The quantitative estimate of drug-likeness (QED) is 0.522. The summed E-state index contributed by atoms with van der Waals surface area (Å²) in [5, 5.41) is 1.44. The van der Waals surface area contributed by atoms with Crippen molar-refractivity contribution in [3.05, 3.63) is 52.0 Å². The van der Waals surface area contributed by atoms with Gasteiger partial charge in [-0.05, 0) is 28.1 Å². The first-order valence-electron chi connectivity index (χ1n) is 4.58. The van der Waals surface area contributed by atoms with Crippen LogP contribution in [0.3, 0.4) is 0 Å². The van der Waals surface area contributed by atoms with E-state index in [4.69, 9.17) is 11.6 Å². The Labute approximate surface area is 89.6 Å². The molecule has 0 fully saturated rings. The number of halogens is 1. The topological polar surface area (TPSA) is 0 Å². The summed E-state index contributed by atoms with van der Waals surface area (Å²) in [6.45, 7) is 0. The lowest BCUT2D eigenvalue weighted by Crippen LogP contribution is -1.75. The molecule has 0 N–H and O–H groups in total. The Morgan fingerprint density at radius 3 is 2.79 bits per heavy atom. The van der Waals surface area contributed by atoms with Gasteiger partial charge in [-0.15, -0.1) is 0 Å². The van der Waals surface area contributed by atoms with Gasteiger partial charge in [0, 0.05) is 6.42 Å². The molecule has 0 atom stereocenters. The first kappa shape index (κ1) is 8.47. The van der Waals surface area contributed by atoms with E-state index in [1.165, 1.54) is 30.2 Å². The molecule has 2 heteroatoms. The third-order valence-electron chi connectivity index (χ3n) is 2.61. The lowest BCUT2D eigenvalue weighted by molar-refractivity contribution is 1.31. The number of hydrogen-bond acceptors (Lipinski definition) is 0. The van der Waals surface area contributed by atoms with Gasteiger partial charge in [-0.3, -0.25) is 0 Å². The Bertz CT molecular complexity index is 505. The van der Waals surface area contributed by atoms with E-state index >= 15 is 0 Å². The van der Waals surface area contributed by atoms with Gasteiger partial charge in [0.2, 0.25) is 0 Å². The van der Waals surface area contributed by atoms with Crippen molar-refractivity contribution in [3.8, 4) is 11.1 Å². The summed E-state index contributed by atoms with van der Waals surface area (Å²) >= 11 is 6.01. The van der Waals surface area contributed by atoms with Gasteiger partial charge in [0.25, 0.3) is 0 Å². The van der Waals surface area contributed by atoms with Crippen LogP contribution >= 0.6 is 19.8 Å². The fourth-order valence-corrected chi connectivity index (χ4v) is 3.31. The zero-order chi connectivity index (χ0) is 9.54. The van der Waals surface area contributed by atoms with E-state index in [2.05, 4.69) is 30.3 Å². The van der Waals surface area contributed by atoms with Crippen molar-refractivity contribution < 1.29 is 0 Å². The SMILES string of the molecule is Clc1ccc2c(p1)Cc1ccccc1-2. The van der Waals surface area contributed by atoms with Crippen molar-refractivity contribution in [1.29, 1.82) is 0 Å². The predicted octanol–water partition coefficient (Wildman–Crippen LogP) is 4.49. The van der Waals surface area contributed by atoms with Gasteiger partial charge < -0.3 is 0 Å². The van der Waals surface area contributed by atoms with Crippen LogP contribution in [0.25, 0.3) is 11.1 Å². The summed E-state index contributed by atoms with van der Waals surface area (Å²) in [7, 11) is 1.18. The normalized spacial score (nSPS) is 12.9. The maximum atomic E-state index is 6.01. The molecule has 1 aromatic carbocycles. The van der Waals surface area contributed by atoms with Crippen LogP contribution in [0.5, 0.6) is 0 Å². The molecule has 1 aliphatic rings. The van der Waals surface area contributed by atoms with Crippen LogP contribution in [0.4, 0.5) is 0 Å². The third kappa shape index (κ3) is 1.19. The zero-order valence-corrected chi connectivity index (χ0v) is 9.15. The molecule has 0 radical (unpaired) electrons. The Balaban J connectivity index is 2.27. The molecule has 2 aromatic rings. The summed E-state index contributed by atoms with van der Waals surface area (Å²) in [5.41, 5.74) is 4.20. The fraction of sp³-hybridized carbons (Fsp3) is 0.0833. The lowest BCUT2D eigenvalue weighted by Gasteiger charge is -1.99. The van der Waals surface area contributed by atoms with Crippen molar-refractivity contribution in [2.75, 3.05) is 0 Å². The van der Waals surface area contributed by atoms with E-state index in [1.807, 2.05) is 6.07 Å². The molecular weight excluding hydrogens is 211 g/mol. The Morgan fingerprint density at radius 2 is 1.86 bits per heavy atom. The van der Waals surface area contributed by atoms with Gasteiger partial charge in [-0.2, -0.15) is 0 Å². The van der Waals surface area contributed by atoms with Crippen LogP contribution in [0.15, 0.2) is 36.4 Å². The molecule has 1 heterocycles. The van der Waals surface area contributed by atoms with Crippen molar-refractivity contribution in [1.82, 2.24) is 0 Å². The zero-order valence-electron chi connectivity index (χ0n) is 7.50. The minimum absolute atomic E-state index is 0.927. The van der Waals surface area contributed by atoms with E-state index in [0.717, 1.165) is 11.2 Å². The van der Waals surface area contributed by atoms with E-state index in [9.17, 15) is 0 Å². The van der Waals surface area contributed by atoms with Crippen LogP contribution in [0.2, 0.25) is 4.75 Å². The molecule has 0 nitrogen and oxygen atoms in total. The maximum Gasteiger partial charge on any atom is 0.0679 e. The first-order valence-corrected chi connectivity index (χ1v) is 5.85. The van der Waals surface area contributed by atoms with Gasteiger partial charge in [0.15, 0.2) is 0 Å². The van der Waals surface area contributed by atoms with Gasteiger partial charge in [-0.1, -0.05) is 50.1 Å². The average Bonchev–Trinajstić information content (AvgIpc) is 2.54. The second-order valence-electron chi connectivity index (χ2n) is 3.46. The maximum absolute atomic E-state index is 6.01. The molecule has 0 aliphatic heterocycles. The summed E-state index contributed by atoms with van der Waals surface area (Å²) in [6, 6.07) is 12.7. The Kier molecular flexibility index (Phi) is 1.87. The van der Waals surface area contributed by atoms with Gasteiger partial charge >= 0.3 is 0 Å². The Morgan fingerprint density at radius 1 is 1.00 bits per heavy atom. The highest BCUT2D eigenvalue weighted by atomic mass is 35.5. The van der Waals surface area contributed by atoms with Gasteiger partial charge in [0.1, 0.15) is 0 Å². The van der Waals surface area contributed by atoms with Crippen LogP contribution in [0.1, 0.15) is 10.9 Å². The largest absolute Gasteiger partial charge is 0.0789 e. The fourth-order valence-electron chi connectivity index (χ4n) is 1.97. The molecule has 1 aromatic heterocycles. The summed E-state index contributed by atoms with van der Waals surface area (Å²) in [4.78, 5) is 0. The highest BCUT2D eigenvalue weighted by Crippen LogP contribution is 2.42. The summed E-state index contributed by atoms with van der Waals surface area (Å²) in [5.74, 6) is 0.